The number of hydrogen-bond acceptors (Lipinski definition) is 5. The molecular formula is C10H9NO4-2. The SMILES string of the molecule is Cc1c(N)cc(C(=O)[O-])c(C)c1C(=O)[O-]. The van der Waals surface area contributed by atoms with Gasteiger partial charge in [-0.2, -0.15) is 0 Å². The fourth-order valence-corrected chi connectivity index (χ4v) is 1.45. The van der Waals surface area contributed by atoms with E-state index in [-0.39, 0.29) is 22.4 Å². The fourth-order valence-electron chi connectivity index (χ4n) is 1.45. The van der Waals surface area contributed by atoms with Crippen LogP contribution in [0.5, 0.6) is 0 Å². The van der Waals surface area contributed by atoms with Gasteiger partial charge in [0.2, 0.25) is 0 Å². The van der Waals surface area contributed by atoms with Gasteiger partial charge in [0.25, 0.3) is 0 Å². The van der Waals surface area contributed by atoms with Crippen molar-refractivity contribution in [2.24, 2.45) is 0 Å². The normalized spacial score (nSPS) is 10.0. The maximum atomic E-state index is 10.8. The van der Waals surface area contributed by atoms with E-state index in [1.54, 1.807) is 0 Å². The van der Waals surface area contributed by atoms with Crippen molar-refractivity contribution in [1.29, 1.82) is 0 Å². The van der Waals surface area contributed by atoms with E-state index in [1.807, 2.05) is 0 Å². The van der Waals surface area contributed by atoms with Crippen molar-refractivity contribution in [1.82, 2.24) is 0 Å². The van der Waals surface area contributed by atoms with Crippen LogP contribution in [0.15, 0.2) is 6.07 Å². The van der Waals surface area contributed by atoms with Gasteiger partial charge in [0.15, 0.2) is 0 Å². The minimum atomic E-state index is -1.46. The Balaban J connectivity index is 3.63. The highest BCUT2D eigenvalue weighted by atomic mass is 16.4. The number of rotatable bonds is 2. The number of carbonyl (C=O) groups is 2. The van der Waals surface area contributed by atoms with Crippen molar-refractivity contribution >= 4 is 17.6 Å². The molecule has 15 heavy (non-hydrogen) atoms. The first-order chi connectivity index (χ1) is 6.86. The Hall–Kier alpha value is -2.04. The van der Waals surface area contributed by atoms with Gasteiger partial charge in [-0.1, -0.05) is 0 Å². The standard InChI is InChI=1S/C10H11NO4/c1-4-6(9(12)13)3-7(11)5(2)8(4)10(14)15/h3H,11H2,1-2H3,(H,12,13)(H,14,15)/p-2. The molecule has 0 aliphatic rings. The molecule has 1 aromatic rings. The summed E-state index contributed by atoms with van der Waals surface area (Å²) in [5, 5.41) is 21.5. The van der Waals surface area contributed by atoms with Crippen LogP contribution >= 0.6 is 0 Å². The van der Waals surface area contributed by atoms with Gasteiger partial charge in [-0.05, 0) is 31.0 Å². The molecule has 0 saturated carbocycles. The quantitative estimate of drug-likeness (QED) is 0.601. The molecule has 0 fully saturated rings. The van der Waals surface area contributed by atoms with Gasteiger partial charge in [0.1, 0.15) is 0 Å². The summed E-state index contributed by atoms with van der Waals surface area (Å²) in [6.45, 7) is 2.87. The molecule has 80 valence electrons. The van der Waals surface area contributed by atoms with Crippen LogP contribution in [0.4, 0.5) is 5.69 Å². The lowest BCUT2D eigenvalue weighted by Gasteiger charge is -2.17. The van der Waals surface area contributed by atoms with Crippen LogP contribution in [0, 0.1) is 13.8 Å². The average Bonchev–Trinajstić information content (AvgIpc) is 2.10. The summed E-state index contributed by atoms with van der Waals surface area (Å²) in [6.07, 6.45) is 0. The van der Waals surface area contributed by atoms with Crippen molar-refractivity contribution in [2.75, 3.05) is 5.73 Å². The Morgan fingerprint density at radius 1 is 1.13 bits per heavy atom. The molecule has 0 aliphatic heterocycles. The highest BCUT2D eigenvalue weighted by molar-refractivity contribution is 5.98. The molecule has 0 heterocycles. The zero-order chi connectivity index (χ0) is 11.7. The molecule has 0 atom stereocenters. The molecule has 0 aliphatic carbocycles. The maximum absolute atomic E-state index is 10.8. The third kappa shape index (κ3) is 1.76. The molecule has 0 radical (unpaired) electrons. The van der Waals surface area contributed by atoms with Crippen LogP contribution in [0.3, 0.4) is 0 Å². The van der Waals surface area contributed by atoms with E-state index < -0.39 is 11.9 Å². The van der Waals surface area contributed by atoms with Gasteiger partial charge in [-0.3, -0.25) is 0 Å². The molecule has 5 heteroatoms. The number of hydrogen-bond donors (Lipinski definition) is 1. The number of carboxylic acids is 2. The van der Waals surface area contributed by atoms with Crippen molar-refractivity contribution in [2.45, 2.75) is 13.8 Å². The van der Waals surface area contributed by atoms with E-state index in [9.17, 15) is 19.8 Å². The van der Waals surface area contributed by atoms with Gasteiger partial charge >= 0.3 is 0 Å². The Morgan fingerprint density at radius 3 is 2.07 bits per heavy atom. The second kappa shape index (κ2) is 3.61. The van der Waals surface area contributed by atoms with E-state index in [0.29, 0.717) is 5.56 Å². The molecule has 0 unspecified atom stereocenters. The number of carbonyl (C=O) groups excluding carboxylic acids is 2. The second-order valence-corrected chi connectivity index (χ2v) is 3.21. The first-order valence-electron chi connectivity index (χ1n) is 4.18. The Kier molecular flexibility index (Phi) is 2.65. The van der Waals surface area contributed by atoms with Crippen molar-refractivity contribution in [3.05, 3.63) is 28.3 Å². The second-order valence-electron chi connectivity index (χ2n) is 3.21. The molecule has 2 N–H and O–H groups in total. The van der Waals surface area contributed by atoms with Crippen LogP contribution in [0.25, 0.3) is 0 Å². The van der Waals surface area contributed by atoms with Gasteiger partial charge in [-0.25, -0.2) is 0 Å². The summed E-state index contributed by atoms with van der Waals surface area (Å²) in [5.41, 5.74) is 5.57. The number of nitrogen functional groups attached to an aromatic ring is 1. The van der Waals surface area contributed by atoms with Gasteiger partial charge in [0.05, 0.1) is 11.9 Å². The summed E-state index contributed by atoms with van der Waals surface area (Å²) in [5.74, 6) is -2.90. The van der Waals surface area contributed by atoms with Gasteiger partial charge in [0, 0.05) is 16.8 Å². The monoisotopic (exact) mass is 207 g/mol. The molecule has 1 aromatic carbocycles. The lowest BCUT2D eigenvalue weighted by molar-refractivity contribution is -0.255. The number of nitrogens with two attached hydrogens (primary N) is 1. The van der Waals surface area contributed by atoms with Crippen molar-refractivity contribution < 1.29 is 19.8 Å². The van der Waals surface area contributed by atoms with Gasteiger partial charge < -0.3 is 25.5 Å². The van der Waals surface area contributed by atoms with Crippen molar-refractivity contribution in [3.63, 3.8) is 0 Å². The predicted octanol–water partition coefficient (Wildman–Crippen LogP) is -1.39. The largest absolute Gasteiger partial charge is 0.545 e. The summed E-state index contributed by atoms with van der Waals surface area (Å²) >= 11 is 0. The molecule has 0 bridgehead atoms. The van der Waals surface area contributed by atoms with Crippen LogP contribution in [-0.4, -0.2) is 11.9 Å². The minimum Gasteiger partial charge on any atom is -0.545 e. The Bertz CT molecular complexity index is 451. The van der Waals surface area contributed by atoms with Crippen LogP contribution in [-0.2, 0) is 0 Å². The first kappa shape index (κ1) is 11.0. The zero-order valence-electron chi connectivity index (χ0n) is 8.29. The third-order valence-corrected chi connectivity index (χ3v) is 2.31. The third-order valence-electron chi connectivity index (χ3n) is 2.31. The average molecular weight is 207 g/mol. The number of aromatic carboxylic acids is 2. The smallest absolute Gasteiger partial charge is 0.0721 e. The predicted molar refractivity (Wildman–Crippen MR) is 49.0 cm³/mol. The van der Waals surface area contributed by atoms with Crippen LogP contribution in [0.1, 0.15) is 31.8 Å². The van der Waals surface area contributed by atoms with Gasteiger partial charge in [-0.15, -0.1) is 0 Å². The van der Waals surface area contributed by atoms with E-state index in [0.717, 1.165) is 0 Å². The number of benzene rings is 1. The highest BCUT2D eigenvalue weighted by Crippen LogP contribution is 2.23. The summed E-state index contributed by atoms with van der Waals surface area (Å²) < 4.78 is 0. The summed E-state index contributed by atoms with van der Waals surface area (Å²) in [4.78, 5) is 21.5. The lowest BCUT2D eigenvalue weighted by atomic mass is 9.96. The van der Waals surface area contributed by atoms with Crippen LogP contribution in [0.2, 0.25) is 0 Å². The lowest BCUT2D eigenvalue weighted by Crippen LogP contribution is -2.29. The van der Waals surface area contributed by atoms with E-state index in [1.165, 1.54) is 19.9 Å². The summed E-state index contributed by atoms with van der Waals surface area (Å²) in [6, 6.07) is 1.19. The molecule has 0 saturated heterocycles. The number of carboxylic acid groups (broad SMARTS) is 2. The zero-order valence-corrected chi connectivity index (χ0v) is 8.29. The van der Waals surface area contributed by atoms with E-state index >= 15 is 0 Å². The highest BCUT2D eigenvalue weighted by Gasteiger charge is 2.12. The van der Waals surface area contributed by atoms with E-state index in [2.05, 4.69) is 0 Å². The molecule has 0 aromatic heterocycles. The van der Waals surface area contributed by atoms with Crippen LogP contribution < -0.4 is 15.9 Å². The topological polar surface area (TPSA) is 106 Å². The Labute approximate surface area is 86.1 Å². The molecular weight excluding hydrogens is 198 g/mol. The van der Waals surface area contributed by atoms with Crippen molar-refractivity contribution in [3.8, 4) is 0 Å². The molecule has 1 rings (SSSR count). The Morgan fingerprint density at radius 2 is 1.67 bits per heavy atom. The van der Waals surface area contributed by atoms with E-state index in [4.69, 9.17) is 5.73 Å². The fraction of sp³-hybridized carbons (Fsp3) is 0.200. The molecule has 0 spiro atoms. The minimum absolute atomic E-state index is 0.0963. The molecule has 5 nitrogen and oxygen atoms in total. The number of anilines is 1. The first-order valence-corrected chi connectivity index (χ1v) is 4.18. The summed E-state index contributed by atoms with van der Waals surface area (Å²) in [7, 11) is 0. The maximum Gasteiger partial charge on any atom is 0.0721 e. The molecule has 0 amide bonds.